The van der Waals surface area contributed by atoms with Crippen molar-refractivity contribution in [3.63, 3.8) is 0 Å². The zero-order valence-corrected chi connectivity index (χ0v) is 11.4. The molecule has 4 nitrogen and oxygen atoms in total. The molecule has 0 aliphatic rings. The van der Waals surface area contributed by atoms with E-state index in [1.165, 1.54) is 17.9 Å². The maximum absolute atomic E-state index is 13.9. The molecule has 1 aromatic heterocycles. The highest BCUT2D eigenvalue weighted by molar-refractivity contribution is 9.10. The summed E-state index contributed by atoms with van der Waals surface area (Å²) in [6.45, 7) is 0. The van der Waals surface area contributed by atoms with E-state index in [4.69, 9.17) is 4.74 Å². The van der Waals surface area contributed by atoms with Crippen LogP contribution in [0.2, 0.25) is 0 Å². The minimum absolute atomic E-state index is 0.311. The fourth-order valence-electron chi connectivity index (χ4n) is 1.63. The number of halogens is 2. The van der Waals surface area contributed by atoms with Crippen LogP contribution in [-0.4, -0.2) is 23.2 Å². The molecule has 2 aromatic rings. The molecular formula is C12H10BrFN2O2. The average molecular weight is 313 g/mol. The van der Waals surface area contributed by atoms with E-state index in [0.29, 0.717) is 33.5 Å². The van der Waals surface area contributed by atoms with Crippen LogP contribution in [0.1, 0.15) is 10.5 Å². The van der Waals surface area contributed by atoms with E-state index < -0.39 is 5.82 Å². The van der Waals surface area contributed by atoms with Crippen LogP contribution in [0.15, 0.2) is 22.7 Å². The van der Waals surface area contributed by atoms with Gasteiger partial charge in [0.2, 0.25) is 0 Å². The topological polar surface area (TPSA) is 44.1 Å². The third-order valence-electron chi connectivity index (χ3n) is 2.57. The molecule has 0 atom stereocenters. The highest BCUT2D eigenvalue weighted by Gasteiger charge is 2.18. The fourth-order valence-corrected chi connectivity index (χ4v) is 2.27. The van der Waals surface area contributed by atoms with Crippen molar-refractivity contribution in [2.24, 2.45) is 7.05 Å². The lowest BCUT2D eigenvalue weighted by molar-refractivity contribution is 0.111. The fraction of sp³-hybridized carbons (Fsp3) is 0.167. The molecule has 18 heavy (non-hydrogen) atoms. The normalized spacial score (nSPS) is 10.4. The minimum atomic E-state index is -0.453. The second kappa shape index (κ2) is 4.89. The van der Waals surface area contributed by atoms with Gasteiger partial charge in [-0.1, -0.05) is 0 Å². The second-order valence-electron chi connectivity index (χ2n) is 3.64. The van der Waals surface area contributed by atoms with Gasteiger partial charge in [-0.05, 0) is 28.1 Å². The van der Waals surface area contributed by atoms with Crippen LogP contribution in [-0.2, 0) is 7.05 Å². The van der Waals surface area contributed by atoms with Crippen molar-refractivity contribution in [2.75, 3.05) is 7.11 Å². The van der Waals surface area contributed by atoms with Crippen molar-refractivity contribution >= 4 is 22.2 Å². The molecule has 0 saturated carbocycles. The van der Waals surface area contributed by atoms with E-state index in [1.807, 2.05) is 0 Å². The lowest BCUT2D eigenvalue weighted by atomic mass is 10.1. The molecule has 0 spiro atoms. The summed E-state index contributed by atoms with van der Waals surface area (Å²) < 4.78 is 20.7. The number of carbonyl (C=O) groups is 1. The lowest BCUT2D eigenvalue weighted by Crippen LogP contribution is -1.96. The molecule has 0 aliphatic carbocycles. The summed E-state index contributed by atoms with van der Waals surface area (Å²) in [5.74, 6) is -0.0236. The molecule has 2 rings (SSSR count). The van der Waals surface area contributed by atoms with E-state index in [1.54, 1.807) is 19.2 Å². The second-order valence-corrected chi connectivity index (χ2v) is 4.43. The van der Waals surface area contributed by atoms with Crippen LogP contribution >= 0.6 is 15.9 Å². The molecule has 0 unspecified atom stereocenters. The summed E-state index contributed by atoms with van der Waals surface area (Å²) in [6.07, 6.45) is 0.669. The van der Waals surface area contributed by atoms with Crippen LogP contribution in [0.5, 0.6) is 5.75 Å². The third-order valence-corrected chi connectivity index (χ3v) is 3.36. The Morgan fingerprint density at radius 2 is 2.22 bits per heavy atom. The van der Waals surface area contributed by atoms with Gasteiger partial charge >= 0.3 is 0 Å². The first-order chi connectivity index (χ1) is 8.58. The van der Waals surface area contributed by atoms with Gasteiger partial charge < -0.3 is 4.74 Å². The molecule has 0 fully saturated rings. The number of nitrogens with zero attached hydrogens (tertiary/aromatic N) is 2. The Morgan fingerprint density at radius 3 is 2.72 bits per heavy atom. The Bertz CT molecular complexity index is 610. The summed E-state index contributed by atoms with van der Waals surface area (Å²) in [7, 11) is 3.09. The lowest BCUT2D eigenvalue weighted by Gasteiger charge is -2.03. The molecule has 0 saturated heterocycles. The summed E-state index contributed by atoms with van der Waals surface area (Å²) in [6, 6.07) is 4.48. The Morgan fingerprint density at radius 1 is 1.50 bits per heavy atom. The predicted octanol–water partition coefficient (Wildman–Crippen LogP) is 2.81. The number of ether oxygens (including phenoxy) is 1. The Labute approximate surface area is 111 Å². The van der Waals surface area contributed by atoms with Crippen LogP contribution in [0.25, 0.3) is 11.3 Å². The van der Waals surface area contributed by atoms with Gasteiger partial charge in [-0.2, -0.15) is 5.10 Å². The highest BCUT2D eigenvalue weighted by Crippen LogP contribution is 2.32. The first kappa shape index (κ1) is 12.8. The smallest absolute Gasteiger partial charge is 0.169 e. The van der Waals surface area contributed by atoms with Crippen LogP contribution in [0.4, 0.5) is 4.39 Å². The number of benzene rings is 1. The zero-order valence-electron chi connectivity index (χ0n) is 9.78. The van der Waals surface area contributed by atoms with E-state index in [0.717, 1.165) is 0 Å². The number of hydrogen-bond acceptors (Lipinski definition) is 3. The largest absolute Gasteiger partial charge is 0.497 e. The van der Waals surface area contributed by atoms with Crippen molar-refractivity contribution in [3.8, 4) is 17.0 Å². The van der Waals surface area contributed by atoms with Crippen LogP contribution in [0.3, 0.4) is 0 Å². The maximum Gasteiger partial charge on any atom is 0.169 e. The van der Waals surface area contributed by atoms with E-state index in [9.17, 15) is 9.18 Å². The molecule has 0 radical (unpaired) electrons. The Kier molecular flexibility index (Phi) is 3.47. The molecule has 0 N–H and O–H groups in total. The van der Waals surface area contributed by atoms with Gasteiger partial charge in [0.1, 0.15) is 23.0 Å². The summed E-state index contributed by atoms with van der Waals surface area (Å²) in [5, 5.41) is 4.13. The van der Waals surface area contributed by atoms with Crippen LogP contribution < -0.4 is 4.74 Å². The van der Waals surface area contributed by atoms with Gasteiger partial charge in [-0.25, -0.2) is 4.39 Å². The van der Waals surface area contributed by atoms with Gasteiger partial charge in [0.25, 0.3) is 0 Å². The molecule has 6 heteroatoms. The number of aromatic nitrogens is 2. The van der Waals surface area contributed by atoms with Crippen LogP contribution in [0, 0.1) is 5.82 Å². The molecule has 94 valence electrons. The number of carbonyl (C=O) groups excluding carboxylic acids is 1. The Hall–Kier alpha value is -1.69. The van der Waals surface area contributed by atoms with Gasteiger partial charge in [0.15, 0.2) is 6.29 Å². The summed E-state index contributed by atoms with van der Waals surface area (Å²) >= 11 is 3.26. The van der Waals surface area contributed by atoms with E-state index >= 15 is 0 Å². The van der Waals surface area contributed by atoms with Crippen molar-refractivity contribution in [1.82, 2.24) is 9.78 Å². The van der Waals surface area contributed by atoms with Gasteiger partial charge in [0.05, 0.1) is 11.6 Å². The maximum atomic E-state index is 13.9. The minimum Gasteiger partial charge on any atom is -0.497 e. The van der Waals surface area contributed by atoms with Gasteiger partial charge in [-0.15, -0.1) is 0 Å². The number of rotatable bonds is 3. The van der Waals surface area contributed by atoms with E-state index in [-0.39, 0.29) is 0 Å². The first-order valence-corrected chi connectivity index (χ1v) is 5.89. The first-order valence-electron chi connectivity index (χ1n) is 5.10. The quantitative estimate of drug-likeness (QED) is 0.819. The van der Waals surface area contributed by atoms with E-state index in [2.05, 4.69) is 21.0 Å². The van der Waals surface area contributed by atoms with Gasteiger partial charge in [0, 0.05) is 18.7 Å². The van der Waals surface area contributed by atoms with Crippen molar-refractivity contribution < 1.29 is 13.9 Å². The van der Waals surface area contributed by atoms with Crippen molar-refractivity contribution in [2.45, 2.75) is 0 Å². The van der Waals surface area contributed by atoms with Gasteiger partial charge in [-0.3, -0.25) is 9.48 Å². The summed E-state index contributed by atoms with van der Waals surface area (Å²) in [4.78, 5) is 10.9. The molecule has 0 aliphatic heterocycles. The number of methoxy groups -OCH3 is 1. The molecule has 1 heterocycles. The molecule has 0 amide bonds. The molecule has 1 aromatic carbocycles. The third kappa shape index (κ3) is 2.03. The highest BCUT2D eigenvalue weighted by atomic mass is 79.9. The van der Waals surface area contributed by atoms with Crippen molar-refractivity contribution in [3.05, 3.63) is 34.2 Å². The Balaban J connectivity index is 2.59. The standard InChI is InChI=1S/C12H10BrFN2O2/c1-16-10(6-17)11(13)12(15-16)8-4-3-7(18-2)5-9(8)14/h3-6H,1-2H3. The monoisotopic (exact) mass is 312 g/mol. The van der Waals surface area contributed by atoms with Crippen molar-refractivity contribution in [1.29, 1.82) is 0 Å². The number of aryl methyl sites for hydroxylation is 1. The number of hydrogen-bond donors (Lipinski definition) is 0. The predicted molar refractivity (Wildman–Crippen MR) is 68.2 cm³/mol. The average Bonchev–Trinajstić information content (AvgIpc) is 2.64. The SMILES string of the molecule is COc1ccc(-c2nn(C)c(C=O)c2Br)c(F)c1. The summed E-state index contributed by atoms with van der Waals surface area (Å²) in [5.41, 5.74) is 1.06. The number of aldehydes is 1. The molecule has 0 bridgehead atoms. The molecular weight excluding hydrogens is 303 g/mol. The zero-order chi connectivity index (χ0) is 13.3.